The van der Waals surface area contributed by atoms with Gasteiger partial charge in [0, 0.05) is 10.4 Å². The number of benzene rings is 1. The lowest BCUT2D eigenvalue weighted by Crippen LogP contribution is -2.34. The fourth-order valence-corrected chi connectivity index (χ4v) is 3.46. The summed E-state index contributed by atoms with van der Waals surface area (Å²) in [6, 6.07) is 11.9. The largest absolute Gasteiger partial charge is 0.347 e. The van der Waals surface area contributed by atoms with Gasteiger partial charge < -0.3 is 5.32 Å². The van der Waals surface area contributed by atoms with Crippen molar-refractivity contribution >= 4 is 17.2 Å². The molecule has 25 heavy (non-hydrogen) atoms. The van der Waals surface area contributed by atoms with Crippen LogP contribution < -0.4 is 5.32 Å². The van der Waals surface area contributed by atoms with E-state index in [9.17, 15) is 4.79 Å². The first-order chi connectivity index (χ1) is 12.0. The van der Waals surface area contributed by atoms with Crippen molar-refractivity contribution in [2.45, 2.75) is 33.4 Å². The lowest BCUT2D eigenvalue weighted by molar-refractivity contribution is -0.123. The van der Waals surface area contributed by atoms with Crippen molar-refractivity contribution in [2.24, 2.45) is 5.92 Å². The number of nitrogens with one attached hydrogen (secondary N) is 1. The molecular weight excluding hydrogens is 334 g/mol. The van der Waals surface area contributed by atoms with Crippen molar-refractivity contribution < 1.29 is 4.79 Å². The Labute approximate surface area is 150 Å². The van der Waals surface area contributed by atoms with Crippen molar-refractivity contribution in [3.05, 3.63) is 52.2 Å². The zero-order valence-electron chi connectivity index (χ0n) is 14.5. The van der Waals surface area contributed by atoms with Crippen LogP contribution in [0, 0.1) is 12.8 Å². The maximum Gasteiger partial charge on any atom is 0.244 e. The van der Waals surface area contributed by atoms with Crippen molar-refractivity contribution in [1.29, 1.82) is 0 Å². The van der Waals surface area contributed by atoms with Crippen molar-refractivity contribution in [1.82, 2.24) is 25.5 Å². The fourth-order valence-electron chi connectivity index (χ4n) is 2.51. The Bertz CT molecular complexity index is 824. The van der Waals surface area contributed by atoms with E-state index in [1.54, 1.807) is 11.3 Å². The molecule has 130 valence electrons. The molecule has 0 aliphatic rings. The van der Waals surface area contributed by atoms with E-state index in [4.69, 9.17) is 0 Å². The topological polar surface area (TPSA) is 72.7 Å². The number of carbonyl (C=O) groups is 1. The zero-order valence-corrected chi connectivity index (χ0v) is 15.3. The molecular formula is C18H21N5OS. The van der Waals surface area contributed by atoms with Crippen molar-refractivity contribution in [2.75, 3.05) is 0 Å². The van der Waals surface area contributed by atoms with Gasteiger partial charge in [0.1, 0.15) is 6.54 Å². The quantitative estimate of drug-likeness (QED) is 0.737. The number of hydrogen-bond donors (Lipinski definition) is 1. The van der Waals surface area contributed by atoms with Gasteiger partial charge in [0.05, 0.1) is 6.04 Å². The molecule has 0 saturated heterocycles. The summed E-state index contributed by atoms with van der Waals surface area (Å²) in [5.74, 6) is 0.695. The average molecular weight is 355 g/mol. The number of amides is 1. The van der Waals surface area contributed by atoms with Crippen LogP contribution in [0.1, 0.15) is 30.3 Å². The molecule has 3 aromatic rings. The highest BCUT2D eigenvalue weighted by Gasteiger charge is 2.20. The first-order valence-corrected chi connectivity index (χ1v) is 9.08. The van der Waals surface area contributed by atoms with E-state index < -0.39 is 0 Å². The molecule has 0 radical (unpaired) electrons. The molecule has 1 atom stereocenters. The van der Waals surface area contributed by atoms with Crippen LogP contribution in [0.4, 0.5) is 0 Å². The molecule has 0 fully saturated rings. The number of hydrogen-bond acceptors (Lipinski definition) is 5. The molecule has 0 aliphatic carbocycles. The normalized spacial score (nSPS) is 12.3. The van der Waals surface area contributed by atoms with Crippen LogP contribution in [0.3, 0.4) is 0 Å². The molecule has 3 rings (SSSR count). The zero-order chi connectivity index (χ0) is 17.8. The highest BCUT2D eigenvalue weighted by Crippen LogP contribution is 2.25. The van der Waals surface area contributed by atoms with Gasteiger partial charge in [-0.15, -0.1) is 21.5 Å². The third-order valence-corrected chi connectivity index (χ3v) is 4.84. The number of aromatic nitrogens is 4. The molecule has 0 saturated carbocycles. The smallest absolute Gasteiger partial charge is 0.244 e. The molecule has 0 spiro atoms. The third kappa shape index (κ3) is 4.30. The minimum atomic E-state index is -0.125. The van der Waals surface area contributed by atoms with E-state index in [0.717, 1.165) is 10.4 Å². The predicted octanol–water partition coefficient (Wildman–Crippen LogP) is 3.22. The molecule has 1 N–H and O–H groups in total. The Balaban J connectivity index is 1.66. The van der Waals surface area contributed by atoms with Gasteiger partial charge in [0.2, 0.25) is 11.7 Å². The van der Waals surface area contributed by atoms with E-state index in [0.29, 0.717) is 11.7 Å². The summed E-state index contributed by atoms with van der Waals surface area (Å²) in [6.45, 7) is 6.26. The summed E-state index contributed by atoms with van der Waals surface area (Å²) in [4.78, 5) is 14.9. The summed E-state index contributed by atoms with van der Waals surface area (Å²) in [7, 11) is 0. The Morgan fingerprint density at radius 1 is 1.24 bits per heavy atom. The summed E-state index contributed by atoms with van der Waals surface area (Å²) < 4.78 is 0. The van der Waals surface area contributed by atoms with Gasteiger partial charge in [-0.3, -0.25) is 4.79 Å². The summed E-state index contributed by atoms with van der Waals surface area (Å²) in [5, 5.41) is 17.4. The average Bonchev–Trinajstić information content (AvgIpc) is 3.25. The molecule has 0 aliphatic heterocycles. The highest BCUT2D eigenvalue weighted by molar-refractivity contribution is 7.10. The van der Waals surface area contributed by atoms with Crippen molar-refractivity contribution in [3.63, 3.8) is 0 Å². The van der Waals surface area contributed by atoms with Gasteiger partial charge in [-0.2, -0.15) is 4.80 Å². The Hall–Kier alpha value is -2.54. The SMILES string of the molecule is Cc1ccc(-c2nnn(CC(=O)NC(c3cccs3)C(C)C)n2)cc1. The number of thiophene rings is 1. The molecule has 1 unspecified atom stereocenters. The van der Waals surface area contributed by atoms with Gasteiger partial charge in [0.25, 0.3) is 0 Å². The van der Waals surface area contributed by atoms with Gasteiger partial charge in [-0.1, -0.05) is 49.7 Å². The minimum absolute atomic E-state index is 0.00686. The Morgan fingerprint density at radius 2 is 2.00 bits per heavy atom. The standard InChI is InChI=1S/C18H21N5OS/c1-12(2)17(15-5-4-10-25-15)19-16(24)11-23-21-18(20-22-23)14-8-6-13(3)7-9-14/h4-10,12,17H,11H2,1-3H3,(H,19,24). The lowest BCUT2D eigenvalue weighted by Gasteiger charge is -2.21. The summed E-state index contributed by atoms with van der Waals surface area (Å²) >= 11 is 1.65. The lowest BCUT2D eigenvalue weighted by atomic mass is 10.0. The first-order valence-electron chi connectivity index (χ1n) is 8.20. The predicted molar refractivity (Wildman–Crippen MR) is 98.0 cm³/mol. The second-order valence-electron chi connectivity index (χ2n) is 6.31. The fraction of sp³-hybridized carbons (Fsp3) is 0.333. The Kier molecular flexibility index (Phi) is 5.23. The number of carbonyl (C=O) groups excluding carboxylic acids is 1. The molecule has 2 heterocycles. The van der Waals surface area contributed by atoms with Crippen LogP contribution >= 0.6 is 11.3 Å². The van der Waals surface area contributed by atoms with E-state index in [1.807, 2.05) is 48.7 Å². The van der Waals surface area contributed by atoms with Gasteiger partial charge in [0.15, 0.2) is 0 Å². The highest BCUT2D eigenvalue weighted by atomic mass is 32.1. The minimum Gasteiger partial charge on any atom is -0.347 e. The van der Waals surface area contributed by atoms with Crippen LogP contribution in [0.15, 0.2) is 41.8 Å². The van der Waals surface area contributed by atoms with E-state index in [-0.39, 0.29) is 18.5 Å². The van der Waals surface area contributed by atoms with Crippen LogP contribution in [0.5, 0.6) is 0 Å². The van der Waals surface area contributed by atoms with E-state index in [2.05, 4.69) is 34.6 Å². The monoisotopic (exact) mass is 355 g/mol. The molecule has 2 aromatic heterocycles. The molecule has 0 bridgehead atoms. The molecule has 1 aromatic carbocycles. The maximum absolute atomic E-state index is 12.4. The second-order valence-corrected chi connectivity index (χ2v) is 7.29. The molecule has 1 amide bonds. The number of nitrogens with zero attached hydrogens (tertiary/aromatic N) is 4. The molecule has 7 heteroatoms. The number of tetrazole rings is 1. The van der Waals surface area contributed by atoms with Crippen LogP contribution in [-0.2, 0) is 11.3 Å². The Morgan fingerprint density at radius 3 is 2.64 bits per heavy atom. The van der Waals surface area contributed by atoms with E-state index >= 15 is 0 Å². The van der Waals surface area contributed by atoms with Gasteiger partial charge in [-0.25, -0.2) is 0 Å². The number of aryl methyl sites for hydroxylation is 1. The van der Waals surface area contributed by atoms with Crippen LogP contribution in [0.25, 0.3) is 11.4 Å². The van der Waals surface area contributed by atoms with Gasteiger partial charge >= 0.3 is 0 Å². The van der Waals surface area contributed by atoms with Crippen LogP contribution in [0.2, 0.25) is 0 Å². The van der Waals surface area contributed by atoms with Gasteiger partial charge in [-0.05, 0) is 29.5 Å². The van der Waals surface area contributed by atoms with Crippen LogP contribution in [-0.4, -0.2) is 26.1 Å². The second kappa shape index (κ2) is 7.57. The summed E-state index contributed by atoms with van der Waals surface area (Å²) in [6.07, 6.45) is 0. The first kappa shape index (κ1) is 17.3. The van der Waals surface area contributed by atoms with E-state index in [1.165, 1.54) is 10.4 Å². The third-order valence-electron chi connectivity index (χ3n) is 3.88. The maximum atomic E-state index is 12.4. The molecule has 6 nitrogen and oxygen atoms in total. The number of rotatable bonds is 6. The van der Waals surface area contributed by atoms with Crippen molar-refractivity contribution in [3.8, 4) is 11.4 Å². The summed E-state index contributed by atoms with van der Waals surface area (Å²) in [5.41, 5.74) is 2.06.